The van der Waals surface area contributed by atoms with Crippen LogP contribution in [0.25, 0.3) is 0 Å². The van der Waals surface area contributed by atoms with Crippen LogP contribution in [0.4, 0.5) is 5.69 Å². The molecule has 1 aromatic rings. The van der Waals surface area contributed by atoms with Crippen LogP contribution in [0.3, 0.4) is 0 Å². The molecule has 0 aliphatic carbocycles. The quantitative estimate of drug-likeness (QED) is 0.600. The van der Waals surface area contributed by atoms with E-state index < -0.39 is 11.9 Å². The van der Waals surface area contributed by atoms with E-state index in [2.05, 4.69) is 20.1 Å². The Morgan fingerprint density at radius 2 is 1.83 bits per heavy atom. The average molecular weight is 355 g/mol. The summed E-state index contributed by atoms with van der Waals surface area (Å²) in [4.78, 5) is 35.0. The maximum absolute atomic E-state index is 12.0. The molecule has 0 aromatic heterocycles. The molecule has 0 saturated heterocycles. The second-order valence-electron chi connectivity index (χ2n) is 5.02. The molecule has 0 bridgehead atoms. The number of hydrogen-bond donors (Lipinski definition) is 2. The summed E-state index contributed by atoms with van der Waals surface area (Å²) in [6.45, 7) is 3.67. The molecule has 24 heavy (non-hydrogen) atoms. The fraction of sp³-hybridized carbons (Fsp3) is 0.312. The van der Waals surface area contributed by atoms with Gasteiger partial charge in [-0.2, -0.15) is 0 Å². The highest BCUT2D eigenvalue weighted by Gasteiger charge is 2.15. The third-order valence-corrected chi connectivity index (χ3v) is 3.09. The van der Waals surface area contributed by atoms with Gasteiger partial charge in [0.1, 0.15) is 5.70 Å². The molecule has 0 unspecified atom stereocenters. The van der Waals surface area contributed by atoms with Crippen molar-refractivity contribution in [2.45, 2.75) is 19.9 Å². The van der Waals surface area contributed by atoms with Crippen molar-refractivity contribution in [3.63, 3.8) is 0 Å². The minimum absolute atomic E-state index is 0.0275. The number of esters is 2. The summed E-state index contributed by atoms with van der Waals surface area (Å²) < 4.78 is 9.07. The van der Waals surface area contributed by atoms with Crippen LogP contribution in [0.2, 0.25) is 5.02 Å². The highest BCUT2D eigenvalue weighted by Crippen LogP contribution is 2.22. The van der Waals surface area contributed by atoms with E-state index in [0.29, 0.717) is 11.3 Å². The molecule has 0 aliphatic heterocycles. The Balaban J connectivity index is 3.04. The van der Waals surface area contributed by atoms with Gasteiger partial charge in [0.2, 0.25) is 0 Å². The van der Waals surface area contributed by atoms with Gasteiger partial charge in [0.25, 0.3) is 5.91 Å². The maximum atomic E-state index is 12.0. The predicted molar refractivity (Wildman–Crippen MR) is 89.8 cm³/mol. The first-order valence-corrected chi connectivity index (χ1v) is 7.41. The van der Waals surface area contributed by atoms with Gasteiger partial charge in [0.05, 0.1) is 30.9 Å². The number of ether oxygens (including phenoxy) is 2. The highest BCUT2D eigenvalue weighted by molar-refractivity contribution is 6.34. The summed E-state index contributed by atoms with van der Waals surface area (Å²) in [5.41, 5.74) is 0.578. The lowest BCUT2D eigenvalue weighted by Crippen LogP contribution is -2.30. The topological polar surface area (TPSA) is 93.7 Å². The van der Waals surface area contributed by atoms with Crippen molar-refractivity contribution < 1.29 is 23.9 Å². The molecule has 0 spiro atoms. The van der Waals surface area contributed by atoms with Gasteiger partial charge >= 0.3 is 11.9 Å². The summed E-state index contributed by atoms with van der Waals surface area (Å²) in [5, 5.41) is 5.64. The van der Waals surface area contributed by atoms with Gasteiger partial charge in [-0.15, -0.1) is 0 Å². The summed E-state index contributed by atoms with van der Waals surface area (Å²) in [6.07, 6.45) is 0.957. The molecule has 1 amide bonds. The molecule has 1 rings (SSSR count). The van der Waals surface area contributed by atoms with E-state index in [4.69, 9.17) is 11.6 Å². The van der Waals surface area contributed by atoms with Crippen molar-refractivity contribution >= 4 is 35.1 Å². The Bertz CT molecular complexity index is 670. The molecule has 1 aromatic carbocycles. The molecule has 0 heterocycles. The van der Waals surface area contributed by atoms with Crippen LogP contribution in [0.1, 0.15) is 24.2 Å². The number of anilines is 1. The minimum Gasteiger partial charge on any atom is -0.466 e. The first-order chi connectivity index (χ1) is 11.3. The zero-order chi connectivity index (χ0) is 18.3. The molecule has 0 atom stereocenters. The molecule has 0 fully saturated rings. The lowest BCUT2D eigenvalue weighted by atomic mass is 10.1. The molecule has 0 saturated carbocycles. The van der Waals surface area contributed by atoms with Gasteiger partial charge in [0.15, 0.2) is 0 Å². The number of halogens is 1. The predicted octanol–water partition coefficient (Wildman–Crippen LogP) is 2.12. The number of carbonyl (C=O) groups is 3. The van der Waals surface area contributed by atoms with Gasteiger partial charge in [-0.3, -0.25) is 4.79 Å². The van der Waals surface area contributed by atoms with Crippen LogP contribution in [0.15, 0.2) is 30.0 Å². The van der Waals surface area contributed by atoms with Gasteiger partial charge in [0, 0.05) is 11.7 Å². The van der Waals surface area contributed by atoms with Crippen LogP contribution in [0.5, 0.6) is 0 Å². The van der Waals surface area contributed by atoms with E-state index in [1.807, 2.05) is 13.8 Å². The molecule has 0 aliphatic rings. The van der Waals surface area contributed by atoms with Gasteiger partial charge in [-0.05, 0) is 32.0 Å². The summed E-state index contributed by atoms with van der Waals surface area (Å²) in [6, 6.07) is 4.50. The zero-order valence-corrected chi connectivity index (χ0v) is 14.6. The second kappa shape index (κ2) is 8.93. The summed E-state index contributed by atoms with van der Waals surface area (Å²) in [7, 11) is 2.37. The van der Waals surface area contributed by atoms with Crippen molar-refractivity contribution in [1.82, 2.24) is 5.32 Å². The minimum atomic E-state index is -0.752. The maximum Gasteiger partial charge on any atom is 0.354 e. The largest absolute Gasteiger partial charge is 0.466 e. The summed E-state index contributed by atoms with van der Waals surface area (Å²) >= 11 is 6.11. The normalized spacial score (nSPS) is 11.0. The van der Waals surface area contributed by atoms with Crippen molar-refractivity contribution in [2.75, 3.05) is 19.5 Å². The molecule has 2 N–H and O–H groups in total. The van der Waals surface area contributed by atoms with E-state index in [9.17, 15) is 14.4 Å². The Morgan fingerprint density at radius 1 is 1.17 bits per heavy atom. The lowest BCUT2D eigenvalue weighted by molar-refractivity contribution is -0.138. The SMILES string of the molecule is COC(=O)/C=C(/Nc1ccc(C(=O)NC(C)C)c(Cl)c1)C(=O)OC. The number of carbonyl (C=O) groups excluding carboxylic acids is 3. The molecule has 8 heteroatoms. The Hall–Kier alpha value is -2.54. The number of hydrogen-bond acceptors (Lipinski definition) is 6. The van der Waals surface area contributed by atoms with Crippen LogP contribution in [0, 0.1) is 0 Å². The summed E-state index contributed by atoms with van der Waals surface area (Å²) in [5.74, 6) is -1.78. The monoisotopic (exact) mass is 354 g/mol. The van der Waals surface area contributed by atoms with E-state index in [0.717, 1.165) is 6.08 Å². The average Bonchev–Trinajstić information content (AvgIpc) is 2.52. The van der Waals surface area contributed by atoms with E-state index >= 15 is 0 Å². The van der Waals surface area contributed by atoms with Crippen LogP contribution >= 0.6 is 11.6 Å². The number of nitrogens with one attached hydrogen (secondary N) is 2. The Morgan fingerprint density at radius 3 is 2.33 bits per heavy atom. The molecule has 7 nitrogen and oxygen atoms in total. The Labute approximate surface area is 145 Å². The molecule has 0 radical (unpaired) electrons. The fourth-order valence-corrected chi connectivity index (χ4v) is 1.97. The first kappa shape index (κ1) is 19.5. The van der Waals surface area contributed by atoms with Crippen LogP contribution < -0.4 is 10.6 Å². The molecular formula is C16H19ClN2O5. The van der Waals surface area contributed by atoms with Crippen LogP contribution in [-0.2, 0) is 19.1 Å². The van der Waals surface area contributed by atoms with E-state index in [-0.39, 0.29) is 22.7 Å². The Kier molecular flexibility index (Phi) is 7.26. The highest BCUT2D eigenvalue weighted by atomic mass is 35.5. The molecule has 130 valence electrons. The van der Waals surface area contributed by atoms with Crippen LogP contribution in [-0.4, -0.2) is 38.1 Å². The number of benzene rings is 1. The second-order valence-corrected chi connectivity index (χ2v) is 5.43. The third kappa shape index (κ3) is 5.58. The first-order valence-electron chi connectivity index (χ1n) is 7.03. The van der Waals surface area contributed by atoms with Crippen molar-refractivity contribution in [3.05, 3.63) is 40.6 Å². The van der Waals surface area contributed by atoms with Crippen molar-refractivity contribution in [2.24, 2.45) is 0 Å². The zero-order valence-electron chi connectivity index (χ0n) is 13.8. The van der Waals surface area contributed by atoms with E-state index in [1.54, 1.807) is 6.07 Å². The molecular weight excluding hydrogens is 336 g/mol. The number of rotatable bonds is 6. The van der Waals surface area contributed by atoms with Crippen molar-refractivity contribution in [3.8, 4) is 0 Å². The van der Waals surface area contributed by atoms with Gasteiger partial charge in [-0.1, -0.05) is 11.6 Å². The number of methoxy groups -OCH3 is 2. The van der Waals surface area contributed by atoms with E-state index in [1.165, 1.54) is 26.4 Å². The smallest absolute Gasteiger partial charge is 0.354 e. The van der Waals surface area contributed by atoms with Gasteiger partial charge < -0.3 is 20.1 Å². The van der Waals surface area contributed by atoms with Gasteiger partial charge in [-0.25, -0.2) is 9.59 Å². The lowest BCUT2D eigenvalue weighted by Gasteiger charge is -2.12. The standard InChI is InChI=1S/C16H19ClN2O5/c1-9(2)18-15(21)11-6-5-10(7-12(11)17)19-13(16(22)24-4)8-14(20)23-3/h5-9,19H,1-4H3,(H,18,21)/b13-8+. The third-order valence-electron chi connectivity index (χ3n) is 2.78. The van der Waals surface area contributed by atoms with Crippen molar-refractivity contribution in [1.29, 1.82) is 0 Å². The fourth-order valence-electron chi connectivity index (χ4n) is 1.71. The number of amides is 1.